The molecular formula is C27H23ClN2O7S. The summed E-state index contributed by atoms with van der Waals surface area (Å²) in [6, 6.07) is 16.1. The van der Waals surface area contributed by atoms with Crippen LogP contribution in [-0.2, 0) is 19.1 Å². The number of fused-ring (bicyclic) bond motifs is 1. The Morgan fingerprint density at radius 3 is 2.61 bits per heavy atom. The molecule has 0 bridgehead atoms. The lowest BCUT2D eigenvalue weighted by Gasteiger charge is -2.14. The van der Waals surface area contributed by atoms with E-state index in [2.05, 4.69) is 10.1 Å². The molecule has 1 fully saturated rings. The monoisotopic (exact) mass is 554 g/mol. The van der Waals surface area contributed by atoms with Gasteiger partial charge in [-0.15, -0.1) is 0 Å². The molecule has 0 saturated carbocycles. The van der Waals surface area contributed by atoms with Gasteiger partial charge in [-0.05, 0) is 53.9 Å². The lowest BCUT2D eigenvalue weighted by Crippen LogP contribution is -2.36. The summed E-state index contributed by atoms with van der Waals surface area (Å²) in [4.78, 5) is 50.8. The van der Waals surface area contributed by atoms with Crippen LogP contribution < -0.4 is 14.8 Å². The number of thioether (sulfide) groups is 1. The van der Waals surface area contributed by atoms with Gasteiger partial charge in [-0.2, -0.15) is 0 Å². The van der Waals surface area contributed by atoms with Crippen LogP contribution in [0.5, 0.6) is 11.5 Å². The molecule has 3 amide bonds. The second-order valence-electron chi connectivity index (χ2n) is 7.97. The molecule has 3 aromatic carbocycles. The summed E-state index contributed by atoms with van der Waals surface area (Å²) in [5, 5.41) is 4.15. The number of halogens is 1. The van der Waals surface area contributed by atoms with Crippen LogP contribution in [0, 0.1) is 0 Å². The Hall–Kier alpha value is -4.02. The number of carbonyl (C=O) groups is 4. The molecular weight excluding hydrogens is 532 g/mol. The number of benzene rings is 3. The highest BCUT2D eigenvalue weighted by atomic mass is 35.5. The Balaban J connectivity index is 1.50. The van der Waals surface area contributed by atoms with Crippen molar-refractivity contribution in [3.63, 3.8) is 0 Å². The molecule has 1 aliphatic heterocycles. The number of amides is 3. The Bertz CT molecular complexity index is 1450. The minimum atomic E-state index is -0.604. The maximum atomic E-state index is 13.0. The number of anilines is 1. The summed E-state index contributed by atoms with van der Waals surface area (Å²) in [6.07, 6.45) is 1.48. The fourth-order valence-electron chi connectivity index (χ4n) is 3.72. The van der Waals surface area contributed by atoms with Crippen molar-refractivity contribution >= 4 is 68.9 Å². The summed E-state index contributed by atoms with van der Waals surface area (Å²) in [5.74, 6) is -1.30. The Morgan fingerprint density at radius 2 is 1.84 bits per heavy atom. The van der Waals surface area contributed by atoms with Gasteiger partial charge in [0, 0.05) is 11.1 Å². The van der Waals surface area contributed by atoms with Crippen LogP contribution in [-0.4, -0.2) is 54.8 Å². The number of nitrogens with one attached hydrogen (secondary N) is 1. The number of hydrogen-bond acceptors (Lipinski definition) is 8. The normalized spacial score (nSPS) is 14.2. The standard InChI is InChI=1S/C27H23ClN2O7S/c1-3-36-21-12-16(11-19(28)25(21)37-15-24(32)35-2)13-22-26(33)30(27(34)38-22)14-23(31)29-20-10-6-8-17-7-4-5-9-18(17)20/h4-13H,3,14-15H2,1-2H3,(H,29,31)/b22-13-. The average Bonchev–Trinajstić information content (AvgIpc) is 3.15. The van der Waals surface area contributed by atoms with Crippen LogP contribution in [0.3, 0.4) is 0 Å². The van der Waals surface area contributed by atoms with Gasteiger partial charge in [0.05, 0.1) is 23.6 Å². The average molecular weight is 555 g/mol. The van der Waals surface area contributed by atoms with Gasteiger partial charge < -0.3 is 19.5 Å². The molecule has 9 nitrogen and oxygen atoms in total. The second kappa shape index (κ2) is 12.0. The van der Waals surface area contributed by atoms with Crippen molar-refractivity contribution < 1.29 is 33.4 Å². The highest BCUT2D eigenvalue weighted by Crippen LogP contribution is 2.39. The van der Waals surface area contributed by atoms with Gasteiger partial charge >= 0.3 is 5.97 Å². The number of ether oxygens (including phenoxy) is 3. The van der Waals surface area contributed by atoms with Crippen LogP contribution >= 0.6 is 23.4 Å². The van der Waals surface area contributed by atoms with Crippen molar-refractivity contribution in [2.24, 2.45) is 0 Å². The summed E-state index contributed by atoms with van der Waals surface area (Å²) in [6.45, 7) is 1.25. The minimum absolute atomic E-state index is 0.120. The molecule has 1 heterocycles. The van der Waals surface area contributed by atoms with Crippen molar-refractivity contribution in [1.29, 1.82) is 0 Å². The van der Waals surface area contributed by atoms with Crippen LogP contribution in [0.1, 0.15) is 12.5 Å². The first-order valence-corrected chi connectivity index (χ1v) is 12.7. The predicted molar refractivity (Wildman–Crippen MR) is 145 cm³/mol. The topological polar surface area (TPSA) is 111 Å². The second-order valence-corrected chi connectivity index (χ2v) is 9.37. The minimum Gasteiger partial charge on any atom is -0.490 e. The Morgan fingerprint density at radius 1 is 1.08 bits per heavy atom. The summed E-state index contributed by atoms with van der Waals surface area (Å²) in [5.41, 5.74) is 1.05. The molecule has 196 valence electrons. The zero-order chi connectivity index (χ0) is 27.2. The molecule has 0 aliphatic carbocycles. The molecule has 1 saturated heterocycles. The largest absolute Gasteiger partial charge is 0.490 e. The van der Waals surface area contributed by atoms with Gasteiger partial charge in [0.15, 0.2) is 18.1 Å². The maximum absolute atomic E-state index is 13.0. The quantitative estimate of drug-likeness (QED) is 0.287. The van der Waals surface area contributed by atoms with E-state index in [4.69, 9.17) is 21.1 Å². The number of imide groups is 1. The summed E-state index contributed by atoms with van der Waals surface area (Å²) >= 11 is 7.07. The number of esters is 1. The highest BCUT2D eigenvalue weighted by molar-refractivity contribution is 8.18. The molecule has 11 heteroatoms. The van der Waals surface area contributed by atoms with E-state index >= 15 is 0 Å². The third-order valence-corrected chi connectivity index (χ3v) is 6.62. The predicted octanol–water partition coefficient (Wildman–Crippen LogP) is 5.12. The smallest absolute Gasteiger partial charge is 0.343 e. The number of nitrogens with zero attached hydrogens (tertiary/aromatic N) is 1. The number of hydrogen-bond donors (Lipinski definition) is 1. The van der Waals surface area contributed by atoms with Gasteiger partial charge in [-0.1, -0.05) is 48.0 Å². The van der Waals surface area contributed by atoms with Crippen LogP contribution in [0.15, 0.2) is 59.5 Å². The van der Waals surface area contributed by atoms with Crippen LogP contribution in [0.4, 0.5) is 10.5 Å². The summed E-state index contributed by atoms with van der Waals surface area (Å²) < 4.78 is 15.6. The lowest BCUT2D eigenvalue weighted by molar-refractivity contribution is -0.143. The fourth-order valence-corrected chi connectivity index (χ4v) is 4.83. The molecule has 0 spiro atoms. The third kappa shape index (κ3) is 6.09. The first-order valence-electron chi connectivity index (χ1n) is 11.5. The molecule has 0 aromatic heterocycles. The zero-order valence-electron chi connectivity index (χ0n) is 20.5. The van der Waals surface area contributed by atoms with Gasteiger partial charge in [-0.3, -0.25) is 19.3 Å². The lowest BCUT2D eigenvalue weighted by atomic mass is 10.1. The molecule has 1 aliphatic rings. The van der Waals surface area contributed by atoms with Gasteiger partial charge in [0.25, 0.3) is 11.1 Å². The van der Waals surface area contributed by atoms with E-state index in [1.165, 1.54) is 19.3 Å². The first-order chi connectivity index (χ1) is 18.3. The van der Waals surface area contributed by atoms with E-state index in [1.54, 1.807) is 19.1 Å². The van der Waals surface area contributed by atoms with Crippen LogP contribution in [0.25, 0.3) is 16.8 Å². The number of rotatable bonds is 9. The van der Waals surface area contributed by atoms with E-state index < -0.39 is 29.6 Å². The van der Waals surface area contributed by atoms with Gasteiger partial charge in [0.1, 0.15) is 6.54 Å². The van der Waals surface area contributed by atoms with Crippen molar-refractivity contribution in [2.75, 3.05) is 32.2 Å². The zero-order valence-corrected chi connectivity index (χ0v) is 22.1. The SMILES string of the molecule is CCOc1cc(/C=C2\SC(=O)N(CC(=O)Nc3cccc4ccccc34)C2=O)cc(Cl)c1OCC(=O)OC. The molecule has 38 heavy (non-hydrogen) atoms. The summed E-state index contributed by atoms with van der Waals surface area (Å²) in [7, 11) is 1.24. The fraction of sp³-hybridized carbons (Fsp3) is 0.185. The molecule has 0 radical (unpaired) electrons. The van der Waals surface area contributed by atoms with E-state index in [9.17, 15) is 19.2 Å². The third-order valence-electron chi connectivity index (χ3n) is 5.43. The molecule has 0 atom stereocenters. The number of methoxy groups -OCH3 is 1. The first kappa shape index (κ1) is 27.0. The van der Waals surface area contributed by atoms with E-state index in [1.807, 2.05) is 36.4 Å². The van der Waals surface area contributed by atoms with Crippen molar-refractivity contribution in [3.8, 4) is 11.5 Å². The maximum Gasteiger partial charge on any atom is 0.343 e. The molecule has 1 N–H and O–H groups in total. The molecule has 3 aromatic rings. The van der Waals surface area contributed by atoms with Crippen molar-refractivity contribution in [3.05, 3.63) is 70.1 Å². The molecule has 0 unspecified atom stereocenters. The van der Waals surface area contributed by atoms with Gasteiger partial charge in [-0.25, -0.2) is 4.79 Å². The van der Waals surface area contributed by atoms with Crippen molar-refractivity contribution in [1.82, 2.24) is 4.90 Å². The van der Waals surface area contributed by atoms with E-state index in [0.717, 1.165) is 15.7 Å². The van der Waals surface area contributed by atoms with E-state index in [0.29, 0.717) is 23.0 Å². The van der Waals surface area contributed by atoms with Crippen molar-refractivity contribution in [2.45, 2.75) is 6.92 Å². The van der Waals surface area contributed by atoms with Gasteiger partial charge in [0.2, 0.25) is 5.91 Å². The Labute approximate surface area is 227 Å². The Kier molecular flexibility index (Phi) is 8.55. The van der Waals surface area contributed by atoms with Crippen LogP contribution in [0.2, 0.25) is 5.02 Å². The number of carbonyl (C=O) groups excluding carboxylic acids is 4. The molecule has 4 rings (SSSR count). The highest BCUT2D eigenvalue weighted by Gasteiger charge is 2.36. The van der Waals surface area contributed by atoms with E-state index in [-0.39, 0.29) is 34.6 Å².